The second-order valence-corrected chi connectivity index (χ2v) is 9.82. The van der Waals surface area contributed by atoms with Gasteiger partial charge in [-0.25, -0.2) is 13.8 Å². The number of nitrogens with two attached hydrogens (primary N) is 1. The maximum absolute atomic E-state index is 14.7. The number of imidazole rings is 1. The van der Waals surface area contributed by atoms with Gasteiger partial charge in [0.2, 0.25) is 5.91 Å². The molecule has 0 fully saturated rings. The van der Waals surface area contributed by atoms with Crippen molar-refractivity contribution in [1.82, 2.24) is 19.8 Å². The van der Waals surface area contributed by atoms with Crippen LogP contribution in [0.5, 0.6) is 0 Å². The van der Waals surface area contributed by atoms with Gasteiger partial charge in [0.05, 0.1) is 16.3 Å². The van der Waals surface area contributed by atoms with Gasteiger partial charge in [0.15, 0.2) is 5.69 Å². The summed E-state index contributed by atoms with van der Waals surface area (Å²) in [6, 6.07) is 0.988. The first-order chi connectivity index (χ1) is 14.9. The van der Waals surface area contributed by atoms with Crippen molar-refractivity contribution in [2.24, 2.45) is 11.1 Å². The molecule has 174 valence electrons. The molecule has 1 aromatic carbocycles. The highest BCUT2D eigenvalue weighted by Gasteiger charge is 2.31. The van der Waals surface area contributed by atoms with Crippen molar-refractivity contribution in [2.45, 2.75) is 52.7 Å². The van der Waals surface area contributed by atoms with Gasteiger partial charge in [0.25, 0.3) is 5.91 Å². The van der Waals surface area contributed by atoms with Gasteiger partial charge in [-0.1, -0.05) is 32.4 Å². The highest BCUT2D eigenvalue weighted by molar-refractivity contribution is 6.31. The van der Waals surface area contributed by atoms with Crippen LogP contribution in [0, 0.1) is 17.0 Å². The van der Waals surface area contributed by atoms with Crippen molar-refractivity contribution in [3.63, 3.8) is 0 Å². The predicted octanol–water partition coefficient (Wildman–Crippen LogP) is 3.34. The van der Waals surface area contributed by atoms with Crippen LogP contribution in [0.3, 0.4) is 0 Å². The van der Waals surface area contributed by atoms with E-state index < -0.39 is 29.5 Å². The average molecular weight is 468 g/mol. The normalized spacial score (nSPS) is 15.7. The zero-order valence-corrected chi connectivity index (χ0v) is 19.4. The fraction of sp³-hybridized carbons (Fsp3) is 0.500. The number of hydrogen-bond acceptors (Lipinski definition) is 4. The molecule has 10 heteroatoms. The fourth-order valence-electron chi connectivity index (χ4n) is 3.86. The smallest absolute Gasteiger partial charge is 0.272 e. The molecular formula is C22H28ClF2N5O2. The lowest BCUT2D eigenvalue weighted by Crippen LogP contribution is -2.46. The quantitative estimate of drug-likeness (QED) is 0.659. The highest BCUT2D eigenvalue weighted by atomic mass is 35.5. The van der Waals surface area contributed by atoms with Gasteiger partial charge < -0.3 is 20.5 Å². The van der Waals surface area contributed by atoms with E-state index in [0.717, 1.165) is 13.0 Å². The summed E-state index contributed by atoms with van der Waals surface area (Å²) in [6.07, 6.45) is 1.09. The number of benzene rings is 1. The lowest BCUT2D eigenvalue weighted by molar-refractivity contribution is -0.120. The summed E-state index contributed by atoms with van der Waals surface area (Å²) in [4.78, 5) is 31.6. The molecule has 0 saturated heterocycles. The van der Waals surface area contributed by atoms with E-state index in [4.69, 9.17) is 17.3 Å². The number of carbonyl (C=O) groups excluding carboxylic acids is 2. The van der Waals surface area contributed by atoms with Crippen LogP contribution in [0.2, 0.25) is 5.02 Å². The summed E-state index contributed by atoms with van der Waals surface area (Å²) < 4.78 is 30.1. The molecule has 32 heavy (non-hydrogen) atoms. The van der Waals surface area contributed by atoms with Crippen LogP contribution in [-0.2, 0) is 17.9 Å². The summed E-state index contributed by atoms with van der Waals surface area (Å²) in [7, 11) is 1.91. The van der Waals surface area contributed by atoms with Crippen LogP contribution < -0.4 is 11.1 Å². The van der Waals surface area contributed by atoms with E-state index in [1.807, 2.05) is 32.7 Å². The molecule has 2 amide bonds. The zero-order valence-electron chi connectivity index (χ0n) is 18.6. The number of halogens is 3. The minimum absolute atomic E-state index is 0.00222. The molecule has 1 atom stereocenters. The third-order valence-corrected chi connectivity index (χ3v) is 5.63. The number of aromatic nitrogens is 2. The Morgan fingerprint density at radius 3 is 2.56 bits per heavy atom. The van der Waals surface area contributed by atoms with E-state index in [1.54, 1.807) is 4.57 Å². The third-order valence-electron chi connectivity index (χ3n) is 5.34. The Morgan fingerprint density at radius 2 is 1.94 bits per heavy atom. The Bertz CT molecular complexity index is 1050. The van der Waals surface area contributed by atoms with Crippen molar-refractivity contribution >= 4 is 23.4 Å². The maximum atomic E-state index is 14.7. The van der Waals surface area contributed by atoms with Crippen LogP contribution in [0.25, 0.3) is 11.4 Å². The SMILES string of the molecule is CN1CCCn2c(-c3cc(Cl)c(F)cc3F)nc(C(=O)N[C@@H](CC(C)(C)C)C(N)=O)c2C1. The lowest BCUT2D eigenvalue weighted by Gasteiger charge is -2.24. The lowest BCUT2D eigenvalue weighted by atomic mass is 9.88. The molecule has 1 aliphatic rings. The third kappa shape index (κ3) is 5.27. The number of amides is 2. The number of nitrogens with one attached hydrogen (secondary N) is 1. The van der Waals surface area contributed by atoms with Gasteiger partial charge in [0, 0.05) is 19.2 Å². The van der Waals surface area contributed by atoms with Crippen molar-refractivity contribution in [1.29, 1.82) is 0 Å². The number of fused-ring (bicyclic) bond motifs is 1. The van der Waals surface area contributed by atoms with Crippen LogP contribution in [0.15, 0.2) is 12.1 Å². The Balaban J connectivity index is 2.08. The van der Waals surface area contributed by atoms with E-state index in [1.165, 1.54) is 6.07 Å². The molecule has 0 aliphatic carbocycles. The molecule has 2 aromatic rings. The molecule has 0 unspecified atom stereocenters. The van der Waals surface area contributed by atoms with E-state index >= 15 is 0 Å². The molecule has 2 heterocycles. The summed E-state index contributed by atoms with van der Waals surface area (Å²) >= 11 is 5.89. The van der Waals surface area contributed by atoms with E-state index in [2.05, 4.69) is 10.3 Å². The van der Waals surface area contributed by atoms with Gasteiger partial charge in [-0.2, -0.15) is 0 Å². The van der Waals surface area contributed by atoms with E-state index in [-0.39, 0.29) is 27.5 Å². The number of primary amides is 1. The molecular weight excluding hydrogens is 440 g/mol. The van der Waals surface area contributed by atoms with Gasteiger partial charge in [0.1, 0.15) is 23.5 Å². The average Bonchev–Trinajstić information content (AvgIpc) is 2.89. The molecule has 0 bridgehead atoms. The Kier molecular flexibility index (Phi) is 6.90. The Labute approximate surface area is 190 Å². The Morgan fingerprint density at radius 1 is 1.25 bits per heavy atom. The number of nitrogens with zero attached hydrogens (tertiary/aromatic N) is 3. The molecule has 0 radical (unpaired) electrons. The second-order valence-electron chi connectivity index (χ2n) is 9.41. The molecule has 3 rings (SSSR count). The van der Waals surface area contributed by atoms with Crippen molar-refractivity contribution < 1.29 is 18.4 Å². The van der Waals surface area contributed by atoms with Crippen molar-refractivity contribution in [3.8, 4) is 11.4 Å². The van der Waals surface area contributed by atoms with Crippen LogP contribution in [0.1, 0.15) is 49.8 Å². The number of rotatable bonds is 5. The monoisotopic (exact) mass is 467 g/mol. The minimum atomic E-state index is -0.885. The predicted molar refractivity (Wildman–Crippen MR) is 118 cm³/mol. The number of hydrogen-bond donors (Lipinski definition) is 2. The largest absolute Gasteiger partial charge is 0.368 e. The highest BCUT2D eigenvalue weighted by Crippen LogP contribution is 2.31. The standard InChI is InChI=1S/C22H28ClF2N5O2/c1-22(2,3)10-16(19(26)31)27-21(32)18-17-11-29(4)6-5-7-30(17)20(28-18)12-8-13(23)15(25)9-14(12)24/h8-9,16H,5-7,10-11H2,1-4H3,(H2,26,31)(H,27,32)/t16-/m0/s1. The minimum Gasteiger partial charge on any atom is -0.368 e. The summed E-state index contributed by atoms with van der Waals surface area (Å²) in [5.74, 6) is -2.73. The topological polar surface area (TPSA) is 93.2 Å². The molecule has 0 saturated carbocycles. The Hall–Kier alpha value is -2.52. The molecule has 7 nitrogen and oxygen atoms in total. The molecule has 1 aliphatic heterocycles. The summed E-state index contributed by atoms with van der Waals surface area (Å²) in [5.41, 5.74) is 5.92. The van der Waals surface area contributed by atoms with Gasteiger partial charge >= 0.3 is 0 Å². The first kappa shape index (κ1) is 24.1. The molecule has 0 spiro atoms. The van der Waals surface area contributed by atoms with Gasteiger partial charge in [-0.3, -0.25) is 9.59 Å². The van der Waals surface area contributed by atoms with Crippen LogP contribution in [0.4, 0.5) is 8.78 Å². The molecule has 1 aromatic heterocycles. The van der Waals surface area contributed by atoms with Crippen molar-refractivity contribution in [3.05, 3.63) is 40.2 Å². The maximum Gasteiger partial charge on any atom is 0.272 e. The van der Waals surface area contributed by atoms with Crippen LogP contribution in [-0.4, -0.2) is 45.9 Å². The summed E-state index contributed by atoms with van der Waals surface area (Å²) in [5, 5.41) is 2.45. The van der Waals surface area contributed by atoms with E-state index in [9.17, 15) is 18.4 Å². The van der Waals surface area contributed by atoms with Gasteiger partial charge in [-0.15, -0.1) is 0 Å². The first-order valence-electron chi connectivity index (χ1n) is 10.4. The van der Waals surface area contributed by atoms with E-state index in [0.29, 0.717) is 31.3 Å². The molecule has 3 N–H and O–H groups in total. The van der Waals surface area contributed by atoms with Gasteiger partial charge in [-0.05, 0) is 37.9 Å². The second kappa shape index (κ2) is 9.15. The zero-order chi connectivity index (χ0) is 23.8. The van der Waals surface area contributed by atoms with Crippen LogP contribution >= 0.6 is 11.6 Å². The van der Waals surface area contributed by atoms with Crippen molar-refractivity contribution in [2.75, 3.05) is 13.6 Å². The summed E-state index contributed by atoms with van der Waals surface area (Å²) in [6.45, 7) is 7.46. The fourth-order valence-corrected chi connectivity index (χ4v) is 4.03. The first-order valence-corrected chi connectivity index (χ1v) is 10.8. The number of carbonyl (C=O) groups is 2.